The van der Waals surface area contributed by atoms with Crippen LogP contribution >= 0.6 is 23.2 Å². The van der Waals surface area contributed by atoms with Crippen molar-refractivity contribution in [1.29, 1.82) is 0 Å². The highest BCUT2D eigenvalue weighted by Gasteiger charge is 2.18. The Hall–Kier alpha value is -1.20. The van der Waals surface area contributed by atoms with Gasteiger partial charge in [-0.3, -0.25) is 0 Å². The van der Waals surface area contributed by atoms with Crippen molar-refractivity contribution in [2.45, 2.75) is 6.43 Å². The third-order valence-electron chi connectivity index (χ3n) is 1.80. The lowest BCUT2D eigenvalue weighted by Gasteiger charge is -1.98. The van der Waals surface area contributed by atoms with E-state index in [4.69, 9.17) is 23.2 Å². The molecule has 0 atom stereocenters. The molecule has 0 aliphatic heterocycles. The molecule has 1 aromatic heterocycles. The van der Waals surface area contributed by atoms with E-state index in [1.807, 2.05) is 0 Å². The first-order valence-electron chi connectivity index (χ1n) is 4.15. The van der Waals surface area contributed by atoms with Crippen LogP contribution in [-0.2, 0) is 0 Å². The van der Waals surface area contributed by atoms with E-state index in [0.29, 0.717) is 10.6 Å². The Bertz CT molecular complexity index is 516. The van der Waals surface area contributed by atoms with Gasteiger partial charge < -0.3 is 4.52 Å². The quantitative estimate of drug-likeness (QED) is 0.824. The van der Waals surface area contributed by atoms with Crippen LogP contribution < -0.4 is 0 Å². The van der Waals surface area contributed by atoms with E-state index in [1.54, 1.807) is 6.07 Å². The topological polar surface area (TPSA) is 38.9 Å². The van der Waals surface area contributed by atoms with Crippen LogP contribution in [0.4, 0.5) is 8.78 Å². The van der Waals surface area contributed by atoms with Gasteiger partial charge in [-0.15, -0.1) is 0 Å². The Morgan fingerprint density at radius 3 is 2.56 bits per heavy atom. The summed E-state index contributed by atoms with van der Waals surface area (Å²) < 4.78 is 28.8. The molecule has 0 N–H and O–H groups in total. The number of aromatic nitrogens is 2. The maximum atomic E-state index is 12.2. The molecule has 0 spiro atoms. The summed E-state index contributed by atoms with van der Waals surface area (Å²) in [6.07, 6.45) is -2.80. The predicted molar refractivity (Wildman–Crippen MR) is 54.7 cm³/mol. The number of nitrogens with zero attached hydrogens (tertiary/aromatic N) is 2. The molecule has 2 aromatic rings. The number of hydrogen-bond donors (Lipinski definition) is 0. The Balaban J connectivity index is 2.42. The zero-order valence-electron chi connectivity index (χ0n) is 7.62. The smallest absolute Gasteiger partial charge is 0.315 e. The third kappa shape index (κ3) is 2.15. The van der Waals surface area contributed by atoms with Crippen LogP contribution in [0.1, 0.15) is 12.3 Å². The number of hydrogen-bond acceptors (Lipinski definition) is 3. The van der Waals surface area contributed by atoms with Gasteiger partial charge in [0.1, 0.15) is 0 Å². The molecule has 16 heavy (non-hydrogen) atoms. The highest BCUT2D eigenvalue weighted by Crippen LogP contribution is 2.29. The minimum Gasteiger partial charge on any atom is -0.333 e. The van der Waals surface area contributed by atoms with E-state index in [1.165, 1.54) is 12.1 Å². The largest absolute Gasteiger partial charge is 0.333 e. The summed E-state index contributed by atoms with van der Waals surface area (Å²) >= 11 is 11.6. The maximum Gasteiger partial charge on any atom is 0.315 e. The summed E-state index contributed by atoms with van der Waals surface area (Å²) in [5.74, 6) is -0.724. The number of benzene rings is 1. The fraction of sp³-hybridized carbons (Fsp3) is 0.111. The lowest BCUT2D eigenvalue weighted by Crippen LogP contribution is -1.85. The monoisotopic (exact) mass is 264 g/mol. The first-order valence-corrected chi connectivity index (χ1v) is 4.90. The fourth-order valence-corrected chi connectivity index (χ4v) is 1.60. The molecule has 0 aliphatic carbocycles. The van der Waals surface area contributed by atoms with Gasteiger partial charge in [0.2, 0.25) is 5.82 Å². The second kappa shape index (κ2) is 4.35. The number of rotatable bonds is 2. The maximum absolute atomic E-state index is 12.2. The second-order valence-electron chi connectivity index (χ2n) is 2.88. The average Bonchev–Trinajstić information content (AvgIpc) is 2.66. The molecule has 3 nitrogen and oxygen atoms in total. The fourth-order valence-electron chi connectivity index (χ4n) is 1.10. The zero-order valence-corrected chi connectivity index (χ0v) is 9.14. The Labute approximate surface area is 99.0 Å². The summed E-state index contributed by atoms with van der Waals surface area (Å²) in [5, 5.41) is 4.11. The Morgan fingerprint density at radius 2 is 2.00 bits per heavy atom. The highest BCUT2D eigenvalue weighted by atomic mass is 35.5. The molecule has 0 saturated carbocycles. The minimum atomic E-state index is -2.80. The molecule has 84 valence electrons. The summed E-state index contributed by atoms with van der Waals surface area (Å²) in [5.41, 5.74) is 0.390. The van der Waals surface area contributed by atoms with Crippen molar-refractivity contribution in [1.82, 2.24) is 10.1 Å². The van der Waals surface area contributed by atoms with Gasteiger partial charge in [0.05, 0.1) is 5.02 Å². The van der Waals surface area contributed by atoms with Gasteiger partial charge in [-0.25, -0.2) is 0 Å². The molecule has 0 aliphatic rings. The lowest BCUT2D eigenvalue weighted by molar-refractivity contribution is 0.106. The molecule has 7 heteroatoms. The molecular formula is C9H4Cl2F2N2O. The first kappa shape index (κ1) is 11.3. The highest BCUT2D eigenvalue weighted by molar-refractivity contribution is 6.36. The summed E-state index contributed by atoms with van der Waals surface area (Å²) in [6, 6.07) is 4.56. The normalized spacial score (nSPS) is 11.1. The molecule has 0 amide bonds. The molecule has 0 radical (unpaired) electrons. The molecule has 0 unspecified atom stereocenters. The van der Waals surface area contributed by atoms with E-state index in [0.717, 1.165) is 0 Å². The van der Waals surface area contributed by atoms with E-state index in [9.17, 15) is 8.78 Å². The molecule has 0 saturated heterocycles. The first-order chi connectivity index (χ1) is 7.58. The van der Waals surface area contributed by atoms with E-state index in [-0.39, 0.29) is 10.8 Å². The number of halogens is 4. The molecule has 0 fully saturated rings. The van der Waals surface area contributed by atoms with Crippen LogP contribution in [0.15, 0.2) is 22.7 Å². The van der Waals surface area contributed by atoms with Crippen molar-refractivity contribution >= 4 is 23.2 Å². The van der Waals surface area contributed by atoms with Gasteiger partial charge in [-0.1, -0.05) is 28.4 Å². The van der Waals surface area contributed by atoms with Crippen LogP contribution in [0.3, 0.4) is 0 Å². The molecule has 2 rings (SSSR count). The van der Waals surface area contributed by atoms with Crippen molar-refractivity contribution in [2.75, 3.05) is 0 Å². The van der Waals surface area contributed by atoms with Crippen molar-refractivity contribution in [2.24, 2.45) is 0 Å². The standard InChI is InChI=1S/C9H4Cl2F2N2O/c10-4-1-2-5(6(11)3-4)8-14-9(7(12)13)16-15-8/h1-3,7H. The lowest BCUT2D eigenvalue weighted by atomic mass is 10.2. The van der Waals surface area contributed by atoms with E-state index < -0.39 is 12.3 Å². The van der Waals surface area contributed by atoms with Crippen molar-refractivity contribution in [3.05, 3.63) is 34.1 Å². The van der Waals surface area contributed by atoms with Crippen LogP contribution in [0.25, 0.3) is 11.4 Å². The van der Waals surface area contributed by atoms with Crippen LogP contribution in [0, 0.1) is 0 Å². The zero-order chi connectivity index (χ0) is 11.7. The van der Waals surface area contributed by atoms with Gasteiger partial charge in [-0.05, 0) is 18.2 Å². The second-order valence-corrected chi connectivity index (χ2v) is 3.72. The van der Waals surface area contributed by atoms with Gasteiger partial charge >= 0.3 is 6.43 Å². The Morgan fingerprint density at radius 1 is 1.25 bits per heavy atom. The van der Waals surface area contributed by atoms with Crippen LogP contribution in [0.2, 0.25) is 10.0 Å². The molecular weight excluding hydrogens is 261 g/mol. The predicted octanol–water partition coefficient (Wildman–Crippen LogP) is 3.98. The summed E-state index contributed by atoms with van der Waals surface area (Å²) in [7, 11) is 0. The number of alkyl halides is 2. The van der Waals surface area contributed by atoms with E-state index >= 15 is 0 Å². The average molecular weight is 265 g/mol. The van der Waals surface area contributed by atoms with Gasteiger partial charge in [0.25, 0.3) is 5.89 Å². The molecule has 1 heterocycles. The molecule has 1 aromatic carbocycles. The van der Waals surface area contributed by atoms with Gasteiger partial charge in [-0.2, -0.15) is 13.8 Å². The van der Waals surface area contributed by atoms with Crippen LogP contribution in [0.5, 0.6) is 0 Å². The van der Waals surface area contributed by atoms with Crippen molar-refractivity contribution < 1.29 is 13.3 Å². The van der Waals surface area contributed by atoms with Gasteiger partial charge in [0, 0.05) is 10.6 Å². The van der Waals surface area contributed by atoms with Crippen molar-refractivity contribution in [3.63, 3.8) is 0 Å². The Kier molecular flexibility index (Phi) is 3.07. The van der Waals surface area contributed by atoms with Crippen LogP contribution in [-0.4, -0.2) is 10.1 Å². The summed E-state index contributed by atoms with van der Waals surface area (Å²) in [4.78, 5) is 3.52. The van der Waals surface area contributed by atoms with Gasteiger partial charge in [0.15, 0.2) is 0 Å². The summed E-state index contributed by atoms with van der Waals surface area (Å²) in [6.45, 7) is 0. The third-order valence-corrected chi connectivity index (χ3v) is 2.35. The van der Waals surface area contributed by atoms with E-state index in [2.05, 4.69) is 14.7 Å². The molecule has 0 bridgehead atoms. The minimum absolute atomic E-state index is 0.0111. The SMILES string of the molecule is FC(F)c1nc(-c2ccc(Cl)cc2Cl)no1. The van der Waals surface area contributed by atoms with Crippen molar-refractivity contribution in [3.8, 4) is 11.4 Å².